The van der Waals surface area contributed by atoms with Crippen molar-refractivity contribution in [3.05, 3.63) is 34.9 Å². The number of fused-ring (bicyclic) bond motifs is 1. The first-order valence-corrected chi connectivity index (χ1v) is 6.65. The summed E-state index contributed by atoms with van der Waals surface area (Å²) in [6.45, 7) is 4.61. The van der Waals surface area contributed by atoms with Crippen LogP contribution in [0.3, 0.4) is 0 Å². The molecular weight excluding hydrogens is 208 g/mol. The van der Waals surface area contributed by atoms with Gasteiger partial charge in [0.05, 0.1) is 0 Å². The average Bonchev–Trinajstić information content (AvgIpc) is 2.60. The smallest absolute Gasteiger partial charge is 0.0359 e. The molecule has 0 amide bonds. The van der Waals surface area contributed by atoms with E-state index in [-0.39, 0.29) is 6.04 Å². The predicted molar refractivity (Wildman–Crippen MR) is 71.0 cm³/mol. The number of likely N-dealkylation sites (tertiary alicyclic amines) is 1. The summed E-state index contributed by atoms with van der Waals surface area (Å²) in [4.78, 5) is 2.42. The van der Waals surface area contributed by atoms with Crippen LogP contribution in [0.5, 0.6) is 0 Å². The summed E-state index contributed by atoms with van der Waals surface area (Å²) in [5.41, 5.74) is 11.3. The van der Waals surface area contributed by atoms with Gasteiger partial charge >= 0.3 is 0 Å². The molecule has 1 fully saturated rings. The van der Waals surface area contributed by atoms with E-state index >= 15 is 0 Å². The number of aryl methyl sites for hydroxylation is 1. The molecule has 1 aliphatic carbocycles. The number of benzene rings is 1. The third kappa shape index (κ3) is 1.62. The molecule has 0 unspecified atom stereocenters. The van der Waals surface area contributed by atoms with Gasteiger partial charge in [0.15, 0.2) is 0 Å². The zero-order valence-electron chi connectivity index (χ0n) is 10.9. The van der Waals surface area contributed by atoms with Crippen LogP contribution >= 0.6 is 0 Å². The molecule has 1 aliphatic heterocycles. The normalized spacial score (nSPS) is 27.4. The molecule has 1 atom stereocenters. The monoisotopic (exact) mass is 230 g/mol. The van der Waals surface area contributed by atoms with E-state index in [2.05, 4.69) is 37.1 Å². The first-order chi connectivity index (χ1) is 8.12. The number of rotatable bonds is 0. The van der Waals surface area contributed by atoms with Crippen LogP contribution in [0.1, 0.15) is 35.6 Å². The summed E-state index contributed by atoms with van der Waals surface area (Å²) in [7, 11) is 2.21. The first-order valence-electron chi connectivity index (χ1n) is 6.65. The van der Waals surface area contributed by atoms with Crippen molar-refractivity contribution in [1.82, 2.24) is 4.90 Å². The maximum Gasteiger partial charge on any atom is 0.0359 e. The fourth-order valence-electron chi connectivity index (χ4n) is 3.60. The molecule has 1 saturated heterocycles. The van der Waals surface area contributed by atoms with Gasteiger partial charge in [-0.2, -0.15) is 0 Å². The Balaban J connectivity index is 1.96. The molecule has 1 spiro atoms. The van der Waals surface area contributed by atoms with Crippen LogP contribution in [-0.4, -0.2) is 25.0 Å². The average molecular weight is 230 g/mol. The van der Waals surface area contributed by atoms with Gasteiger partial charge in [0.25, 0.3) is 0 Å². The molecule has 17 heavy (non-hydrogen) atoms. The molecule has 1 aromatic rings. The Kier molecular flexibility index (Phi) is 2.53. The minimum absolute atomic E-state index is 0.256. The van der Waals surface area contributed by atoms with Crippen molar-refractivity contribution in [2.75, 3.05) is 20.1 Å². The molecule has 0 aromatic heterocycles. The lowest BCUT2D eigenvalue weighted by atomic mass is 9.73. The Bertz CT molecular complexity index is 431. The van der Waals surface area contributed by atoms with E-state index in [1.807, 2.05) is 0 Å². The molecule has 0 radical (unpaired) electrons. The third-order valence-electron chi connectivity index (χ3n) is 4.95. The van der Waals surface area contributed by atoms with Gasteiger partial charge in [-0.15, -0.1) is 0 Å². The Labute approximate surface area is 104 Å². The molecule has 1 aromatic carbocycles. The topological polar surface area (TPSA) is 29.3 Å². The lowest BCUT2D eigenvalue weighted by Crippen LogP contribution is -2.42. The fraction of sp³-hybridized carbons (Fsp3) is 0.600. The molecule has 2 nitrogen and oxygen atoms in total. The van der Waals surface area contributed by atoms with Crippen LogP contribution in [0.4, 0.5) is 0 Å². The van der Waals surface area contributed by atoms with Gasteiger partial charge in [0.1, 0.15) is 0 Å². The van der Waals surface area contributed by atoms with Gasteiger partial charge in [-0.05, 0) is 68.4 Å². The number of piperidine rings is 1. The van der Waals surface area contributed by atoms with E-state index in [4.69, 9.17) is 5.73 Å². The Hall–Kier alpha value is -0.860. The van der Waals surface area contributed by atoms with Crippen molar-refractivity contribution >= 4 is 0 Å². The Morgan fingerprint density at radius 1 is 1.29 bits per heavy atom. The molecule has 1 heterocycles. The van der Waals surface area contributed by atoms with Gasteiger partial charge in [0, 0.05) is 6.04 Å². The van der Waals surface area contributed by atoms with Gasteiger partial charge < -0.3 is 10.6 Å². The van der Waals surface area contributed by atoms with Crippen LogP contribution in [0.25, 0.3) is 0 Å². The summed E-state index contributed by atoms with van der Waals surface area (Å²) < 4.78 is 0. The highest BCUT2D eigenvalue weighted by Crippen LogP contribution is 2.51. The largest absolute Gasteiger partial charge is 0.323 e. The van der Waals surface area contributed by atoms with Gasteiger partial charge in [-0.1, -0.05) is 18.2 Å². The zero-order valence-corrected chi connectivity index (χ0v) is 10.9. The number of nitrogens with two attached hydrogens (primary N) is 1. The second kappa shape index (κ2) is 3.82. The van der Waals surface area contributed by atoms with E-state index in [1.54, 1.807) is 0 Å². The molecule has 92 valence electrons. The second-order valence-corrected chi connectivity index (χ2v) is 5.96. The van der Waals surface area contributed by atoms with E-state index in [0.717, 1.165) is 0 Å². The van der Waals surface area contributed by atoms with Gasteiger partial charge in [0.2, 0.25) is 0 Å². The van der Waals surface area contributed by atoms with Crippen molar-refractivity contribution < 1.29 is 0 Å². The van der Waals surface area contributed by atoms with Crippen LogP contribution < -0.4 is 5.73 Å². The van der Waals surface area contributed by atoms with Gasteiger partial charge in [-0.25, -0.2) is 0 Å². The summed E-state index contributed by atoms with van der Waals surface area (Å²) >= 11 is 0. The third-order valence-corrected chi connectivity index (χ3v) is 4.95. The first kappa shape index (κ1) is 11.2. The Morgan fingerprint density at radius 3 is 2.65 bits per heavy atom. The quantitative estimate of drug-likeness (QED) is 0.741. The standard InChI is InChI=1S/C15H22N2/c1-11-4-3-5-12-13(11)10-15(14(12)16)6-8-17(2)9-7-15/h3-5,14H,6-10,16H2,1-2H3/t14-/m0/s1. The van der Waals surface area contributed by atoms with Crippen molar-refractivity contribution in [1.29, 1.82) is 0 Å². The minimum Gasteiger partial charge on any atom is -0.323 e. The summed E-state index contributed by atoms with van der Waals surface area (Å²) in [6, 6.07) is 6.87. The molecular formula is C15H22N2. The van der Waals surface area contributed by atoms with Crippen molar-refractivity contribution in [3.63, 3.8) is 0 Å². The molecule has 0 bridgehead atoms. The number of hydrogen-bond acceptors (Lipinski definition) is 2. The highest BCUT2D eigenvalue weighted by Gasteiger charge is 2.45. The van der Waals surface area contributed by atoms with Crippen molar-refractivity contribution in [3.8, 4) is 0 Å². The van der Waals surface area contributed by atoms with E-state index in [0.29, 0.717) is 5.41 Å². The zero-order chi connectivity index (χ0) is 12.0. The number of hydrogen-bond donors (Lipinski definition) is 1. The molecule has 2 heteroatoms. The lowest BCUT2D eigenvalue weighted by molar-refractivity contribution is 0.106. The summed E-state index contributed by atoms with van der Waals surface area (Å²) in [5.74, 6) is 0. The van der Waals surface area contributed by atoms with Crippen LogP contribution in [0.15, 0.2) is 18.2 Å². The maximum atomic E-state index is 6.55. The van der Waals surface area contributed by atoms with Crippen LogP contribution in [-0.2, 0) is 6.42 Å². The number of nitrogens with zero attached hydrogens (tertiary/aromatic N) is 1. The molecule has 3 rings (SSSR count). The van der Waals surface area contributed by atoms with Gasteiger partial charge in [-0.3, -0.25) is 0 Å². The van der Waals surface area contributed by atoms with E-state index < -0.39 is 0 Å². The van der Waals surface area contributed by atoms with Crippen molar-refractivity contribution in [2.24, 2.45) is 11.1 Å². The summed E-state index contributed by atoms with van der Waals surface area (Å²) in [5, 5.41) is 0. The predicted octanol–water partition coefficient (Wildman–Crippen LogP) is 2.26. The van der Waals surface area contributed by atoms with Crippen LogP contribution in [0, 0.1) is 12.3 Å². The van der Waals surface area contributed by atoms with Crippen LogP contribution in [0.2, 0.25) is 0 Å². The highest BCUT2D eigenvalue weighted by atomic mass is 15.1. The fourth-order valence-corrected chi connectivity index (χ4v) is 3.60. The van der Waals surface area contributed by atoms with Crippen molar-refractivity contribution in [2.45, 2.75) is 32.2 Å². The molecule has 0 saturated carbocycles. The summed E-state index contributed by atoms with van der Waals surface area (Å²) in [6.07, 6.45) is 3.70. The molecule has 2 aliphatic rings. The highest BCUT2D eigenvalue weighted by molar-refractivity contribution is 5.43. The molecule has 2 N–H and O–H groups in total. The maximum absolute atomic E-state index is 6.55. The minimum atomic E-state index is 0.256. The van der Waals surface area contributed by atoms with E-state index in [1.165, 1.54) is 49.0 Å². The lowest BCUT2D eigenvalue weighted by Gasteiger charge is -2.41. The SMILES string of the molecule is Cc1cccc2c1CC1(CCN(C)CC1)[C@H]2N. The van der Waals surface area contributed by atoms with E-state index in [9.17, 15) is 0 Å². The second-order valence-electron chi connectivity index (χ2n) is 5.96. The Morgan fingerprint density at radius 2 is 2.00 bits per heavy atom.